The van der Waals surface area contributed by atoms with E-state index in [1.54, 1.807) is 7.11 Å². The highest BCUT2D eigenvalue weighted by atomic mass is 16.6. The maximum atomic E-state index is 12.3. The SMILES string of the molecule is CO[C@H]1COC2(CCN(C(=O)CCOc3ccccc3)CC2)C1. The summed E-state index contributed by atoms with van der Waals surface area (Å²) in [5, 5.41) is 0. The maximum absolute atomic E-state index is 12.3. The highest BCUT2D eigenvalue weighted by Gasteiger charge is 2.43. The van der Waals surface area contributed by atoms with E-state index in [0.717, 1.165) is 38.1 Å². The van der Waals surface area contributed by atoms with Crippen LogP contribution in [0.15, 0.2) is 30.3 Å². The Morgan fingerprint density at radius 3 is 2.70 bits per heavy atom. The highest BCUT2D eigenvalue weighted by molar-refractivity contribution is 5.76. The van der Waals surface area contributed by atoms with Crippen molar-refractivity contribution in [3.8, 4) is 5.75 Å². The van der Waals surface area contributed by atoms with E-state index < -0.39 is 0 Å². The number of para-hydroxylation sites is 1. The number of hydrogen-bond donors (Lipinski definition) is 0. The first-order chi connectivity index (χ1) is 11.2. The molecule has 1 spiro atoms. The predicted molar refractivity (Wildman–Crippen MR) is 86.5 cm³/mol. The Kier molecular flexibility index (Phi) is 5.18. The molecular weight excluding hydrogens is 294 g/mol. The summed E-state index contributed by atoms with van der Waals surface area (Å²) in [4.78, 5) is 14.2. The molecule has 0 N–H and O–H groups in total. The zero-order valence-electron chi connectivity index (χ0n) is 13.7. The Morgan fingerprint density at radius 1 is 1.30 bits per heavy atom. The van der Waals surface area contributed by atoms with Crippen molar-refractivity contribution in [1.82, 2.24) is 4.90 Å². The van der Waals surface area contributed by atoms with E-state index in [9.17, 15) is 4.79 Å². The van der Waals surface area contributed by atoms with E-state index in [1.165, 1.54) is 0 Å². The lowest BCUT2D eigenvalue weighted by Crippen LogP contribution is -2.46. The largest absolute Gasteiger partial charge is 0.493 e. The smallest absolute Gasteiger partial charge is 0.226 e. The van der Waals surface area contributed by atoms with E-state index in [0.29, 0.717) is 19.6 Å². The number of benzene rings is 1. The zero-order chi connectivity index (χ0) is 16.1. The number of nitrogens with zero attached hydrogens (tertiary/aromatic N) is 1. The first-order valence-electron chi connectivity index (χ1n) is 8.33. The van der Waals surface area contributed by atoms with Crippen LogP contribution in [0.25, 0.3) is 0 Å². The van der Waals surface area contributed by atoms with Crippen molar-refractivity contribution in [3.63, 3.8) is 0 Å². The Labute approximate surface area is 137 Å². The summed E-state index contributed by atoms with van der Waals surface area (Å²) in [6, 6.07) is 9.60. The minimum absolute atomic E-state index is 0.0714. The van der Waals surface area contributed by atoms with Gasteiger partial charge in [0.05, 0.1) is 31.3 Å². The molecule has 0 radical (unpaired) electrons. The fraction of sp³-hybridized carbons (Fsp3) is 0.611. The molecule has 2 saturated heterocycles. The summed E-state index contributed by atoms with van der Waals surface area (Å²) in [6.07, 6.45) is 3.37. The molecule has 126 valence electrons. The van der Waals surface area contributed by atoms with Crippen LogP contribution in [0.4, 0.5) is 0 Å². The third-order valence-electron chi connectivity index (χ3n) is 4.86. The number of hydrogen-bond acceptors (Lipinski definition) is 4. The minimum atomic E-state index is -0.0714. The van der Waals surface area contributed by atoms with Crippen LogP contribution in [0.1, 0.15) is 25.7 Å². The number of rotatable bonds is 5. The van der Waals surface area contributed by atoms with Gasteiger partial charge in [-0.05, 0) is 25.0 Å². The second-order valence-electron chi connectivity index (χ2n) is 6.35. The molecular formula is C18H25NO4. The molecule has 0 aliphatic carbocycles. The summed E-state index contributed by atoms with van der Waals surface area (Å²) in [6.45, 7) is 2.63. The normalized spacial score (nSPS) is 23.2. The van der Waals surface area contributed by atoms with Gasteiger partial charge >= 0.3 is 0 Å². The van der Waals surface area contributed by atoms with E-state index in [2.05, 4.69) is 0 Å². The summed E-state index contributed by atoms with van der Waals surface area (Å²) in [5.74, 6) is 0.972. The lowest BCUT2D eigenvalue weighted by molar-refractivity contribution is -0.136. The molecule has 1 amide bonds. The van der Waals surface area contributed by atoms with Gasteiger partial charge in [0.15, 0.2) is 0 Å². The van der Waals surface area contributed by atoms with Gasteiger partial charge in [-0.2, -0.15) is 0 Å². The fourth-order valence-corrected chi connectivity index (χ4v) is 3.40. The maximum Gasteiger partial charge on any atom is 0.226 e. The van der Waals surface area contributed by atoms with Gasteiger partial charge in [0, 0.05) is 26.6 Å². The monoisotopic (exact) mass is 319 g/mol. The third kappa shape index (κ3) is 4.03. The molecule has 1 aromatic rings. The van der Waals surface area contributed by atoms with Crippen LogP contribution in [-0.4, -0.2) is 55.9 Å². The van der Waals surface area contributed by atoms with Crippen LogP contribution in [0.5, 0.6) is 5.75 Å². The number of methoxy groups -OCH3 is 1. The molecule has 5 nitrogen and oxygen atoms in total. The van der Waals surface area contributed by atoms with Crippen molar-refractivity contribution in [2.75, 3.05) is 33.4 Å². The van der Waals surface area contributed by atoms with Crippen LogP contribution in [0.3, 0.4) is 0 Å². The molecule has 3 rings (SSSR count). The second-order valence-corrected chi connectivity index (χ2v) is 6.35. The Hall–Kier alpha value is -1.59. The molecule has 0 bridgehead atoms. The number of likely N-dealkylation sites (tertiary alicyclic amines) is 1. The highest BCUT2D eigenvalue weighted by Crippen LogP contribution is 2.36. The first kappa shape index (κ1) is 16.3. The van der Waals surface area contributed by atoms with Crippen LogP contribution in [0.2, 0.25) is 0 Å². The van der Waals surface area contributed by atoms with Gasteiger partial charge in [-0.3, -0.25) is 4.79 Å². The summed E-state index contributed by atoms with van der Waals surface area (Å²) < 4.78 is 17.0. The van der Waals surface area contributed by atoms with E-state index in [1.807, 2.05) is 35.2 Å². The molecule has 2 heterocycles. The van der Waals surface area contributed by atoms with Crippen molar-refractivity contribution in [2.24, 2.45) is 0 Å². The van der Waals surface area contributed by atoms with Crippen molar-refractivity contribution in [3.05, 3.63) is 30.3 Å². The number of carbonyl (C=O) groups excluding carboxylic acids is 1. The van der Waals surface area contributed by atoms with E-state index >= 15 is 0 Å². The van der Waals surface area contributed by atoms with Gasteiger partial charge in [-0.25, -0.2) is 0 Å². The number of piperidine rings is 1. The average Bonchev–Trinajstić information content (AvgIpc) is 2.99. The number of carbonyl (C=O) groups is 1. The van der Waals surface area contributed by atoms with Gasteiger partial charge in [0.1, 0.15) is 5.75 Å². The number of ether oxygens (including phenoxy) is 3. The number of amides is 1. The summed E-state index contributed by atoms with van der Waals surface area (Å²) >= 11 is 0. The third-order valence-corrected chi connectivity index (χ3v) is 4.86. The summed E-state index contributed by atoms with van der Waals surface area (Å²) in [7, 11) is 1.73. The second kappa shape index (κ2) is 7.32. The van der Waals surface area contributed by atoms with Crippen molar-refractivity contribution in [2.45, 2.75) is 37.4 Å². The summed E-state index contributed by atoms with van der Waals surface area (Å²) in [5.41, 5.74) is -0.0714. The molecule has 1 aromatic carbocycles. The molecule has 2 aliphatic rings. The van der Waals surface area contributed by atoms with Gasteiger partial charge < -0.3 is 19.1 Å². The lowest BCUT2D eigenvalue weighted by atomic mass is 9.88. The van der Waals surface area contributed by atoms with Crippen LogP contribution >= 0.6 is 0 Å². The first-order valence-corrected chi connectivity index (χ1v) is 8.33. The molecule has 0 unspecified atom stereocenters. The van der Waals surface area contributed by atoms with E-state index in [4.69, 9.17) is 14.2 Å². The van der Waals surface area contributed by atoms with Gasteiger partial charge in [0.25, 0.3) is 0 Å². The Morgan fingerprint density at radius 2 is 2.04 bits per heavy atom. The standard InChI is InChI=1S/C18H25NO4/c1-21-16-13-18(23-14-16)8-10-19(11-9-18)17(20)7-12-22-15-5-3-2-4-6-15/h2-6,16H,7-14H2,1H3/t16-/m1/s1. The van der Waals surface area contributed by atoms with Crippen molar-refractivity contribution >= 4 is 5.91 Å². The van der Waals surface area contributed by atoms with Gasteiger partial charge in [0.2, 0.25) is 5.91 Å². The quantitative estimate of drug-likeness (QED) is 0.835. The van der Waals surface area contributed by atoms with Crippen molar-refractivity contribution < 1.29 is 19.0 Å². The molecule has 2 fully saturated rings. The van der Waals surface area contributed by atoms with Crippen molar-refractivity contribution in [1.29, 1.82) is 0 Å². The molecule has 23 heavy (non-hydrogen) atoms. The molecule has 0 aromatic heterocycles. The fourth-order valence-electron chi connectivity index (χ4n) is 3.40. The van der Waals surface area contributed by atoms with Crippen LogP contribution in [-0.2, 0) is 14.3 Å². The predicted octanol–water partition coefficient (Wildman–Crippen LogP) is 2.25. The van der Waals surface area contributed by atoms with E-state index in [-0.39, 0.29) is 17.6 Å². The minimum Gasteiger partial charge on any atom is -0.493 e. The zero-order valence-corrected chi connectivity index (χ0v) is 13.7. The Balaban J connectivity index is 1.40. The lowest BCUT2D eigenvalue weighted by Gasteiger charge is -2.38. The average molecular weight is 319 g/mol. The molecule has 0 saturated carbocycles. The van der Waals surface area contributed by atoms with Gasteiger partial charge in [-0.15, -0.1) is 0 Å². The molecule has 1 atom stereocenters. The molecule has 5 heteroatoms. The van der Waals surface area contributed by atoms with Crippen LogP contribution in [0, 0.1) is 0 Å². The van der Waals surface area contributed by atoms with Crippen LogP contribution < -0.4 is 4.74 Å². The topological polar surface area (TPSA) is 48.0 Å². The Bertz CT molecular complexity index is 511. The van der Waals surface area contributed by atoms with Gasteiger partial charge in [-0.1, -0.05) is 18.2 Å². The molecule has 2 aliphatic heterocycles.